The van der Waals surface area contributed by atoms with E-state index in [4.69, 9.17) is 4.74 Å². The van der Waals surface area contributed by atoms with E-state index in [2.05, 4.69) is 10.6 Å². The van der Waals surface area contributed by atoms with Crippen LogP contribution in [-0.4, -0.2) is 18.5 Å². The number of anilines is 2. The quantitative estimate of drug-likeness (QED) is 0.472. The van der Waals surface area contributed by atoms with Crippen LogP contribution in [0.25, 0.3) is 0 Å². The Morgan fingerprint density at radius 1 is 1.19 bits per heavy atom. The van der Waals surface area contributed by atoms with Crippen LogP contribution in [0.1, 0.15) is 22.8 Å². The number of carbonyl (C=O) groups is 2. The molecule has 26 heavy (non-hydrogen) atoms. The number of ether oxygens (including phenoxy) is 1. The van der Waals surface area contributed by atoms with Crippen molar-refractivity contribution in [2.24, 2.45) is 0 Å². The highest BCUT2D eigenvalue weighted by molar-refractivity contribution is 6.09. The minimum absolute atomic E-state index is 0.120. The van der Waals surface area contributed by atoms with Gasteiger partial charge in [-0.05, 0) is 43.7 Å². The molecular weight excluding hydrogens is 330 g/mol. The van der Waals surface area contributed by atoms with Gasteiger partial charge in [-0.15, -0.1) is 0 Å². The molecule has 6 heteroatoms. The Hall–Kier alpha value is -3.59. The summed E-state index contributed by atoms with van der Waals surface area (Å²) in [5.74, 6) is -1.16. The maximum atomic E-state index is 12.4. The maximum Gasteiger partial charge on any atom is 0.340 e. The van der Waals surface area contributed by atoms with Gasteiger partial charge in [0.05, 0.1) is 17.9 Å². The zero-order valence-electron chi connectivity index (χ0n) is 14.6. The summed E-state index contributed by atoms with van der Waals surface area (Å²) in [6.07, 6.45) is 1.33. The predicted octanol–water partition coefficient (Wildman–Crippen LogP) is 3.63. The molecule has 0 aromatic heterocycles. The van der Waals surface area contributed by atoms with E-state index in [0.717, 1.165) is 11.3 Å². The number of nitriles is 1. The molecule has 2 aromatic rings. The summed E-state index contributed by atoms with van der Waals surface area (Å²) >= 11 is 0. The van der Waals surface area contributed by atoms with Gasteiger partial charge < -0.3 is 15.4 Å². The third-order valence-corrected chi connectivity index (χ3v) is 3.44. The molecule has 2 aromatic carbocycles. The lowest BCUT2D eigenvalue weighted by molar-refractivity contribution is -0.112. The van der Waals surface area contributed by atoms with Crippen LogP contribution < -0.4 is 10.6 Å². The summed E-state index contributed by atoms with van der Waals surface area (Å²) in [4.78, 5) is 24.3. The predicted molar refractivity (Wildman–Crippen MR) is 99.5 cm³/mol. The molecule has 0 fully saturated rings. The summed E-state index contributed by atoms with van der Waals surface area (Å²) in [5.41, 5.74) is 2.21. The molecule has 0 saturated carbocycles. The van der Waals surface area contributed by atoms with Gasteiger partial charge in [-0.1, -0.05) is 24.3 Å². The first-order valence-electron chi connectivity index (χ1n) is 8.06. The Labute approximate surface area is 152 Å². The Balaban J connectivity index is 2.16. The third kappa shape index (κ3) is 4.95. The van der Waals surface area contributed by atoms with Crippen molar-refractivity contribution in [1.82, 2.24) is 0 Å². The number of para-hydroxylation sites is 1. The van der Waals surface area contributed by atoms with Gasteiger partial charge in [0.2, 0.25) is 0 Å². The van der Waals surface area contributed by atoms with E-state index < -0.39 is 11.9 Å². The number of esters is 1. The van der Waals surface area contributed by atoms with Crippen LogP contribution in [0.4, 0.5) is 11.4 Å². The molecule has 132 valence electrons. The molecule has 0 aliphatic heterocycles. The molecule has 0 saturated heterocycles. The van der Waals surface area contributed by atoms with Gasteiger partial charge in [0.15, 0.2) is 0 Å². The van der Waals surface area contributed by atoms with Crippen molar-refractivity contribution in [2.45, 2.75) is 13.8 Å². The first-order chi connectivity index (χ1) is 12.5. The second-order valence-electron chi connectivity index (χ2n) is 5.40. The van der Waals surface area contributed by atoms with Gasteiger partial charge in [0.25, 0.3) is 5.91 Å². The maximum absolute atomic E-state index is 12.4. The Bertz CT molecular complexity index is 882. The van der Waals surface area contributed by atoms with Gasteiger partial charge in [0, 0.05) is 11.9 Å². The average Bonchev–Trinajstić information content (AvgIpc) is 2.63. The number of nitrogens with one attached hydrogen (secondary N) is 2. The summed E-state index contributed by atoms with van der Waals surface area (Å²) in [5, 5.41) is 14.8. The minimum Gasteiger partial charge on any atom is -0.462 e. The molecule has 0 radical (unpaired) electrons. The van der Waals surface area contributed by atoms with Crippen molar-refractivity contribution in [1.29, 1.82) is 5.26 Å². The molecule has 0 unspecified atom stereocenters. The van der Waals surface area contributed by atoms with E-state index in [0.29, 0.717) is 0 Å². The SMILES string of the molecule is CCOC(=O)c1ccccc1NC(=O)/C(C#N)=C\Nc1cccc(C)c1. The number of benzene rings is 2. The molecule has 0 atom stereocenters. The molecule has 2 rings (SSSR count). The molecule has 6 nitrogen and oxygen atoms in total. The van der Waals surface area contributed by atoms with Gasteiger partial charge >= 0.3 is 5.97 Å². The van der Waals surface area contributed by atoms with Crippen molar-refractivity contribution in [3.05, 3.63) is 71.4 Å². The number of hydrogen-bond acceptors (Lipinski definition) is 5. The van der Waals surface area contributed by atoms with Crippen LogP contribution in [0.3, 0.4) is 0 Å². The van der Waals surface area contributed by atoms with Crippen LogP contribution in [-0.2, 0) is 9.53 Å². The van der Waals surface area contributed by atoms with E-state index in [1.807, 2.05) is 37.3 Å². The van der Waals surface area contributed by atoms with E-state index in [1.165, 1.54) is 6.20 Å². The highest BCUT2D eigenvalue weighted by atomic mass is 16.5. The van der Waals surface area contributed by atoms with E-state index in [1.54, 1.807) is 31.2 Å². The minimum atomic E-state index is -0.621. The monoisotopic (exact) mass is 349 g/mol. The molecule has 0 spiro atoms. The number of hydrogen-bond donors (Lipinski definition) is 2. The van der Waals surface area contributed by atoms with Gasteiger partial charge in [0.1, 0.15) is 11.6 Å². The van der Waals surface area contributed by atoms with E-state index >= 15 is 0 Å². The number of nitrogens with zero attached hydrogens (tertiary/aromatic N) is 1. The van der Waals surface area contributed by atoms with Crippen molar-refractivity contribution >= 4 is 23.3 Å². The lowest BCUT2D eigenvalue weighted by Gasteiger charge is -2.10. The van der Waals surface area contributed by atoms with Crippen molar-refractivity contribution < 1.29 is 14.3 Å². The van der Waals surface area contributed by atoms with Gasteiger partial charge in [-0.3, -0.25) is 4.79 Å². The van der Waals surface area contributed by atoms with E-state index in [9.17, 15) is 14.9 Å². The lowest BCUT2D eigenvalue weighted by Crippen LogP contribution is -2.17. The van der Waals surface area contributed by atoms with Gasteiger partial charge in [-0.2, -0.15) is 5.26 Å². The first kappa shape index (κ1) is 18.7. The summed E-state index contributed by atoms with van der Waals surface area (Å²) in [6, 6.07) is 15.9. The van der Waals surface area contributed by atoms with Crippen LogP contribution in [0.15, 0.2) is 60.3 Å². The van der Waals surface area contributed by atoms with Crippen molar-refractivity contribution in [3.63, 3.8) is 0 Å². The molecule has 1 amide bonds. The Morgan fingerprint density at radius 2 is 1.96 bits per heavy atom. The van der Waals surface area contributed by atoms with Crippen molar-refractivity contribution in [3.8, 4) is 6.07 Å². The summed E-state index contributed by atoms with van der Waals surface area (Å²) in [6.45, 7) is 3.87. The standard InChI is InChI=1S/C20H19N3O3/c1-3-26-20(25)17-9-4-5-10-18(17)23-19(24)15(12-21)13-22-16-8-6-7-14(2)11-16/h4-11,13,22H,3H2,1-2H3,(H,23,24)/b15-13-. The first-order valence-corrected chi connectivity index (χ1v) is 8.06. The fourth-order valence-electron chi connectivity index (χ4n) is 2.21. The molecule has 0 heterocycles. The Kier molecular flexibility index (Phi) is 6.52. The van der Waals surface area contributed by atoms with Crippen LogP contribution in [0.2, 0.25) is 0 Å². The zero-order chi connectivity index (χ0) is 18.9. The van der Waals surface area contributed by atoms with Gasteiger partial charge in [-0.25, -0.2) is 4.79 Å². The number of amides is 1. The smallest absolute Gasteiger partial charge is 0.340 e. The van der Waals surface area contributed by atoms with E-state index in [-0.39, 0.29) is 23.4 Å². The number of carbonyl (C=O) groups excluding carboxylic acids is 2. The average molecular weight is 349 g/mol. The third-order valence-electron chi connectivity index (χ3n) is 3.44. The highest BCUT2D eigenvalue weighted by Gasteiger charge is 2.16. The second-order valence-corrected chi connectivity index (χ2v) is 5.40. The molecule has 0 aliphatic rings. The fourth-order valence-corrected chi connectivity index (χ4v) is 2.21. The topological polar surface area (TPSA) is 91.2 Å². The molecular formula is C20H19N3O3. The molecule has 0 bridgehead atoms. The van der Waals surface area contributed by atoms with Crippen LogP contribution >= 0.6 is 0 Å². The zero-order valence-corrected chi connectivity index (χ0v) is 14.6. The molecule has 0 aliphatic carbocycles. The largest absolute Gasteiger partial charge is 0.462 e. The second kappa shape index (κ2) is 9.04. The van der Waals surface area contributed by atoms with Crippen LogP contribution in [0, 0.1) is 18.3 Å². The number of aryl methyl sites for hydroxylation is 1. The van der Waals surface area contributed by atoms with Crippen molar-refractivity contribution in [2.75, 3.05) is 17.2 Å². The van der Waals surface area contributed by atoms with Crippen LogP contribution in [0.5, 0.6) is 0 Å². The Morgan fingerprint density at radius 3 is 2.65 bits per heavy atom. The summed E-state index contributed by atoms with van der Waals surface area (Å²) in [7, 11) is 0. The number of rotatable bonds is 6. The fraction of sp³-hybridized carbons (Fsp3) is 0.150. The molecule has 2 N–H and O–H groups in total. The lowest BCUT2D eigenvalue weighted by atomic mass is 10.1. The normalized spacial score (nSPS) is 10.6. The highest BCUT2D eigenvalue weighted by Crippen LogP contribution is 2.17. The summed E-state index contributed by atoms with van der Waals surface area (Å²) < 4.78 is 4.97.